The van der Waals surface area contributed by atoms with E-state index >= 15 is 0 Å². The van der Waals surface area contributed by atoms with Crippen LogP contribution in [0.4, 0.5) is 4.39 Å². The molecule has 0 atom stereocenters. The average Bonchev–Trinajstić information content (AvgIpc) is 3.65. The highest BCUT2D eigenvalue weighted by atomic mass is 19.1. The minimum absolute atomic E-state index is 0.150. The summed E-state index contributed by atoms with van der Waals surface area (Å²) in [7, 11) is 1.33. The van der Waals surface area contributed by atoms with E-state index in [1.54, 1.807) is 30.7 Å². The summed E-state index contributed by atoms with van der Waals surface area (Å²) in [6.07, 6.45) is 7.95. The second-order valence-electron chi connectivity index (χ2n) is 13.4. The molecule has 4 aromatic carbocycles. The summed E-state index contributed by atoms with van der Waals surface area (Å²) in [6.45, 7) is 4.28. The molecule has 5 aromatic rings. The Morgan fingerprint density at radius 2 is 1.33 bits per heavy atom. The van der Waals surface area contributed by atoms with E-state index in [0.29, 0.717) is 29.8 Å². The molecule has 0 saturated heterocycles. The number of carbonyl (C=O) groups is 2. The summed E-state index contributed by atoms with van der Waals surface area (Å²) in [6, 6.07) is 34.8. The number of methoxy groups -OCH3 is 1. The largest absolute Gasteiger partial charge is 0.468 e. The van der Waals surface area contributed by atoms with Crippen LogP contribution in [-0.2, 0) is 37.9 Å². The lowest BCUT2D eigenvalue weighted by atomic mass is 9.80. The predicted octanol–water partition coefficient (Wildman–Crippen LogP) is 7.90. The van der Waals surface area contributed by atoms with Crippen LogP contribution in [0, 0.1) is 5.82 Å². The lowest BCUT2D eigenvalue weighted by Gasteiger charge is -2.35. The van der Waals surface area contributed by atoms with Crippen LogP contribution < -0.4 is 10.8 Å². The van der Waals surface area contributed by atoms with Gasteiger partial charge in [0.1, 0.15) is 17.1 Å². The number of hydroxylamine groups is 1. The standard InChI is InChI=1S/C42H48FN5O4/c1-41(2,40(50)51-3)44-30-33-27-26-32(29-37(33)43)38-31-48(47-45-38)28-18-7-5-4-6-17-25-39(49)46-52-42(34-19-11-8-12-20-34,35-21-13-9-14-22-35)36-23-15-10-16-24-36/h8-16,19-24,26-27,29,31,44H,4-7,17-18,25,28,30H2,1-3H3,(H,46,49). The van der Waals surface area contributed by atoms with Gasteiger partial charge in [-0.25, -0.2) is 9.87 Å². The van der Waals surface area contributed by atoms with Crippen molar-refractivity contribution >= 4 is 11.9 Å². The first-order valence-corrected chi connectivity index (χ1v) is 17.9. The third-order valence-electron chi connectivity index (χ3n) is 9.20. The molecule has 0 radical (unpaired) electrons. The van der Waals surface area contributed by atoms with Crippen molar-refractivity contribution in [3.05, 3.63) is 143 Å². The quantitative estimate of drug-likeness (QED) is 0.0390. The maximum atomic E-state index is 14.9. The number of ether oxygens (including phenoxy) is 1. The highest BCUT2D eigenvalue weighted by Crippen LogP contribution is 2.39. The van der Waals surface area contributed by atoms with Crippen LogP contribution in [0.5, 0.6) is 0 Å². The van der Waals surface area contributed by atoms with E-state index in [4.69, 9.17) is 9.57 Å². The number of aromatic nitrogens is 3. The van der Waals surface area contributed by atoms with Gasteiger partial charge in [0.2, 0.25) is 5.91 Å². The molecular formula is C42H48FN5O4. The van der Waals surface area contributed by atoms with E-state index in [0.717, 1.165) is 55.2 Å². The van der Waals surface area contributed by atoms with Gasteiger partial charge in [-0.3, -0.25) is 24.4 Å². The van der Waals surface area contributed by atoms with Gasteiger partial charge in [-0.2, -0.15) is 0 Å². The summed E-state index contributed by atoms with van der Waals surface area (Å²) in [5, 5.41) is 11.5. The molecule has 1 amide bonds. The van der Waals surface area contributed by atoms with Gasteiger partial charge in [-0.1, -0.05) is 134 Å². The number of aryl methyl sites for hydroxylation is 1. The van der Waals surface area contributed by atoms with Crippen molar-refractivity contribution < 1.29 is 23.6 Å². The second-order valence-corrected chi connectivity index (χ2v) is 13.4. The van der Waals surface area contributed by atoms with Crippen LogP contribution in [0.1, 0.15) is 81.0 Å². The molecule has 1 heterocycles. The lowest BCUT2D eigenvalue weighted by molar-refractivity contribution is -0.147. The topological polar surface area (TPSA) is 107 Å². The van der Waals surface area contributed by atoms with Crippen LogP contribution in [0.15, 0.2) is 115 Å². The van der Waals surface area contributed by atoms with Gasteiger partial charge in [0.25, 0.3) is 0 Å². The van der Waals surface area contributed by atoms with Gasteiger partial charge in [-0.05, 0) is 49.4 Å². The fourth-order valence-electron chi connectivity index (χ4n) is 6.18. The third-order valence-corrected chi connectivity index (χ3v) is 9.20. The summed E-state index contributed by atoms with van der Waals surface area (Å²) < 4.78 is 21.4. The molecule has 0 bridgehead atoms. The van der Waals surface area contributed by atoms with Crippen molar-refractivity contribution in [1.82, 2.24) is 25.8 Å². The molecule has 0 fully saturated rings. The maximum absolute atomic E-state index is 14.9. The molecule has 0 unspecified atom stereocenters. The van der Waals surface area contributed by atoms with Crippen molar-refractivity contribution in [1.29, 1.82) is 0 Å². The normalized spacial score (nSPS) is 11.7. The number of rotatable bonds is 19. The first-order chi connectivity index (χ1) is 25.2. The van der Waals surface area contributed by atoms with Crippen molar-refractivity contribution in [3.63, 3.8) is 0 Å². The van der Waals surface area contributed by atoms with E-state index in [-0.39, 0.29) is 18.3 Å². The van der Waals surface area contributed by atoms with E-state index in [2.05, 4.69) is 21.1 Å². The molecule has 0 aliphatic rings. The van der Waals surface area contributed by atoms with Crippen molar-refractivity contribution in [2.75, 3.05) is 7.11 Å². The number of unbranched alkanes of at least 4 members (excludes halogenated alkanes) is 5. The van der Waals surface area contributed by atoms with Crippen LogP contribution in [0.3, 0.4) is 0 Å². The molecule has 0 saturated carbocycles. The van der Waals surface area contributed by atoms with Crippen LogP contribution >= 0.6 is 0 Å². The number of halogens is 1. The van der Waals surface area contributed by atoms with Gasteiger partial charge in [0, 0.05) is 30.6 Å². The van der Waals surface area contributed by atoms with E-state index in [1.807, 2.05) is 97.2 Å². The number of carbonyl (C=O) groups excluding carboxylic acids is 2. The third kappa shape index (κ3) is 9.77. The smallest absolute Gasteiger partial charge is 0.325 e. The van der Waals surface area contributed by atoms with E-state index in [1.165, 1.54) is 13.2 Å². The number of hydrogen-bond acceptors (Lipinski definition) is 7. The van der Waals surface area contributed by atoms with Crippen LogP contribution in [0.25, 0.3) is 11.3 Å². The highest BCUT2D eigenvalue weighted by Gasteiger charge is 2.39. The Kier molecular flexibility index (Phi) is 13.4. The van der Waals surface area contributed by atoms with Gasteiger partial charge in [0.05, 0.1) is 13.3 Å². The number of hydrogen-bond donors (Lipinski definition) is 2. The molecular weight excluding hydrogens is 657 g/mol. The molecule has 272 valence electrons. The number of amides is 1. The fourth-order valence-corrected chi connectivity index (χ4v) is 6.18. The number of esters is 1. The number of nitrogens with one attached hydrogen (secondary N) is 2. The monoisotopic (exact) mass is 705 g/mol. The summed E-state index contributed by atoms with van der Waals surface area (Å²) in [4.78, 5) is 31.3. The Bertz CT molecular complexity index is 1770. The average molecular weight is 706 g/mol. The van der Waals surface area contributed by atoms with Gasteiger partial charge >= 0.3 is 5.97 Å². The van der Waals surface area contributed by atoms with Crippen molar-refractivity contribution in [2.45, 2.75) is 83.0 Å². The Balaban J connectivity index is 1.03. The predicted molar refractivity (Wildman–Crippen MR) is 199 cm³/mol. The molecule has 0 aliphatic heterocycles. The minimum atomic E-state index is -1.01. The van der Waals surface area contributed by atoms with Gasteiger partial charge in [0.15, 0.2) is 5.60 Å². The van der Waals surface area contributed by atoms with Crippen LogP contribution in [0.2, 0.25) is 0 Å². The summed E-state index contributed by atoms with van der Waals surface area (Å²) >= 11 is 0. The van der Waals surface area contributed by atoms with E-state index in [9.17, 15) is 14.0 Å². The Morgan fingerprint density at radius 3 is 1.88 bits per heavy atom. The molecule has 2 N–H and O–H groups in total. The number of nitrogens with zero attached hydrogens (tertiary/aromatic N) is 3. The van der Waals surface area contributed by atoms with Crippen LogP contribution in [-0.4, -0.2) is 39.5 Å². The van der Waals surface area contributed by atoms with E-state index < -0.39 is 17.1 Å². The zero-order valence-electron chi connectivity index (χ0n) is 30.2. The fraction of sp³-hybridized carbons (Fsp3) is 0.333. The second kappa shape index (κ2) is 18.3. The first-order valence-electron chi connectivity index (χ1n) is 17.9. The summed E-state index contributed by atoms with van der Waals surface area (Å²) in [5.74, 6) is -0.950. The zero-order valence-corrected chi connectivity index (χ0v) is 30.2. The molecule has 5 rings (SSSR count). The Morgan fingerprint density at radius 1 is 0.769 bits per heavy atom. The Labute approximate surface area is 305 Å². The molecule has 9 nitrogen and oxygen atoms in total. The zero-order chi connectivity index (χ0) is 36.8. The molecule has 1 aromatic heterocycles. The van der Waals surface area contributed by atoms with Gasteiger partial charge < -0.3 is 4.74 Å². The van der Waals surface area contributed by atoms with Crippen molar-refractivity contribution in [3.8, 4) is 11.3 Å². The first kappa shape index (κ1) is 38.1. The summed E-state index contributed by atoms with van der Waals surface area (Å²) in [5.41, 5.74) is 5.30. The number of benzene rings is 4. The minimum Gasteiger partial charge on any atom is -0.468 e. The highest BCUT2D eigenvalue weighted by molar-refractivity contribution is 5.79. The molecule has 0 aliphatic carbocycles. The SMILES string of the molecule is COC(=O)C(C)(C)NCc1ccc(-c2cn(CCCCCCCCC(=O)NOC(c3ccccc3)(c3ccccc3)c3ccccc3)nn2)cc1F. The maximum Gasteiger partial charge on any atom is 0.325 e. The van der Waals surface area contributed by atoms with Crippen molar-refractivity contribution in [2.24, 2.45) is 0 Å². The lowest BCUT2D eigenvalue weighted by Crippen LogP contribution is -2.47. The molecule has 0 spiro atoms. The molecule has 10 heteroatoms. The van der Waals surface area contributed by atoms with Gasteiger partial charge in [-0.15, -0.1) is 5.10 Å². The Hall–Kier alpha value is -5.19. The molecule has 52 heavy (non-hydrogen) atoms.